The molecule has 22 heavy (non-hydrogen) atoms. The molecule has 1 aliphatic heterocycles. The van der Waals surface area contributed by atoms with Crippen LogP contribution < -0.4 is 0 Å². The van der Waals surface area contributed by atoms with Crippen molar-refractivity contribution < 1.29 is 23.1 Å². The number of rotatable bonds is 3. The number of benzene rings is 1. The van der Waals surface area contributed by atoms with Crippen LogP contribution in [0.15, 0.2) is 23.1 Å². The second kappa shape index (κ2) is 6.23. The summed E-state index contributed by atoms with van der Waals surface area (Å²) in [6.45, 7) is 0.535. The summed E-state index contributed by atoms with van der Waals surface area (Å²) in [5.74, 6) is -1.31. The summed E-state index contributed by atoms with van der Waals surface area (Å²) in [5.41, 5.74) is -0.0882. The minimum Gasteiger partial charge on any atom is -0.478 e. The van der Waals surface area contributed by atoms with Crippen LogP contribution in [0.4, 0.5) is 0 Å². The third-order valence-electron chi connectivity index (χ3n) is 3.48. The van der Waals surface area contributed by atoms with Crippen molar-refractivity contribution in [3.05, 3.63) is 28.8 Å². The first-order valence-electron chi connectivity index (χ1n) is 6.50. The lowest BCUT2D eigenvalue weighted by molar-refractivity contribution is -0.129. The molecule has 1 aromatic carbocycles. The average molecular weight is 347 g/mol. The van der Waals surface area contributed by atoms with Crippen molar-refractivity contribution in [2.24, 2.45) is 0 Å². The van der Waals surface area contributed by atoms with Gasteiger partial charge in [-0.05, 0) is 18.2 Å². The molecule has 1 aromatic rings. The van der Waals surface area contributed by atoms with E-state index in [9.17, 15) is 18.0 Å². The number of amides is 1. The number of aromatic carboxylic acids is 1. The van der Waals surface area contributed by atoms with Gasteiger partial charge in [0.05, 0.1) is 10.6 Å². The Morgan fingerprint density at radius 2 is 1.95 bits per heavy atom. The highest BCUT2D eigenvalue weighted by molar-refractivity contribution is 7.89. The zero-order valence-corrected chi connectivity index (χ0v) is 13.4. The monoisotopic (exact) mass is 346 g/mol. The molecule has 0 radical (unpaired) electrons. The van der Waals surface area contributed by atoms with E-state index in [1.54, 1.807) is 7.05 Å². The van der Waals surface area contributed by atoms with E-state index in [0.29, 0.717) is 6.54 Å². The first-order chi connectivity index (χ1) is 10.2. The molecule has 1 amide bonds. The van der Waals surface area contributed by atoms with E-state index in [1.807, 2.05) is 0 Å². The molecule has 120 valence electrons. The summed E-state index contributed by atoms with van der Waals surface area (Å²) in [6, 6.07) is 3.47. The normalized spacial score (nSPS) is 17.4. The second-order valence-electron chi connectivity index (χ2n) is 4.92. The van der Waals surface area contributed by atoms with Gasteiger partial charge in [0, 0.05) is 33.1 Å². The predicted octanol–water partition coefficient (Wildman–Crippen LogP) is 0.891. The van der Waals surface area contributed by atoms with Gasteiger partial charge in [-0.25, -0.2) is 13.2 Å². The number of carboxylic acid groups (broad SMARTS) is 1. The summed E-state index contributed by atoms with van der Waals surface area (Å²) in [5, 5.41) is 8.74. The van der Waals surface area contributed by atoms with Gasteiger partial charge in [0.1, 0.15) is 4.90 Å². The lowest BCUT2D eigenvalue weighted by atomic mass is 10.2. The Hall–Kier alpha value is -1.64. The Bertz CT molecular complexity index is 719. The van der Waals surface area contributed by atoms with Crippen LogP contribution in [0.3, 0.4) is 0 Å². The lowest BCUT2D eigenvalue weighted by Gasteiger charge is -2.20. The smallest absolute Gasteiger partial charge is 0.335 e. The molecule has 7 nitrogen and oxygen atoms in total. The molecule has 1 N–H and O–H groups in total. The molecule has 0 spiro atoms. The number of sulfonamides is 1. The van der Waals surface area contributed by atoms with Gasteiger partial charge in [-0.1, -0.05) is 11.6 Å². The van der Waals surface area contributed by atoms with Gasteiger partial charge in [-0.15, -0.1) is 0 Å². The van der Waals surface area contributed by atoms with Crippen molar-refractivity contribution in [3.63, 3.8) is 0 Å². The number of hydrogen-bond donors (Lipinski definition) is 1. The van der Waals surface area contributed by atoms with Crippen LogP contribution in [0.25, 0.3) is 0 Å². The summed E-state index contributed by atoms with van der Waals surface area (Å²) in [6.07, 6.45) is 0.0978. The molecular formula is C13H15ClN2O5S. The van der Waals surface area contributed by atoms with E-state index in [4.69, 9.17) is 16.7 Å². The fraction of sp³-hybridized carbons (Fsp3) is 0.385. The van der Waals surface area contributed by atoms with Crippen molar-refractivity contribution in [1.29, 1.82) is 0 Å². The number of halogens is 1. The van der Waals surface area contributed by atoms with Crippen LogP contribution in [-0.2, 0) is 14.8 Å². The largest absolute Gasteiger partial charge is 0.478 e. The Morgan fingerprint density at radius 3 is 2.55 bits per heavy atom. The van der Waals surface area contributed by atoms with Crippen molar-refractivity contribution in [3.8, 4) is 0 Å². The zero-order valence-electron chi connectivity index (χ0n) is 11.8. The molecule has 9 heteroatoms. The maximum atomic E-state index is 12.6. The molecule has 0 atom stereocenters. The third kappa shape index (κ3) is 3.23. The van der Waals surface area contributed by atoms with Crippen LogP contribution in [-0.4, -0.2) is 61.3 Å². The third-order valence-corrected chi connectivity index (χ3v) is 5.86. The number of nitrogens with zero attached hydrogens (tertiary/aromatic N) is 2. The number of carbonyl (C=O) groups is 2. The first kappa shape index (κ1) is 16.7. The molecule has 2 rings (SSSR count). The molecule has 1 aliphatic rings. The summed E-state index contributed by atoms with van der Waals surface area (Å²) >= 11 is 5.93. The van der Waals surface area contributed by atoms with Gasteiger partial charge in [-0.2, -0.15) is 4.31 Å². The SMILES string of the molecule is CN1CCN(S(=O)(=O)c2ccc(C(=O)O)cc2Cl)CCC1=O. The highest BCUT2D eigenvalue weighted by Gasteiger charge is 2.30. The van der Waals surface area contributed by atoms with E-state index >= 15 is 0 Å². The van der Waals surface area contributed by atoms with E-state index in [2.05, 4.69) is 0 Å². The molecule has 1 fully saturated rings. The van der Waals surface area contributed by atoms with Crippen molar-refractivity contribution in [2.45, 2.75) is 11.3 Å². The quantitative estimate of drug-likeness (QED) is 0.877. The van der Waals surface area contributed by atoms with Crippen LogP contribution in [0.2, 0.25) is 5.02 Å². The summed E-state index contributed by atoms with van der Waals surface area (Å²) in [4.78, 5) is 23.8. The number of carboxylic acids is 1. The van der Waals surface area contributed by atoms with Gasteiger partial charge < -0.3 is 10.0 Å². The summed E-state index contributed by atoms with van der Waals surface area (Å²) in [7, 11) is -2.26. The van der Waals surface area contributed by atoms with E-state index in [0.717, 1.165) is 6.07 Å². The molecular weight excluding hydrogens is 332 g/mol. The molecule has 0 bridgehead atoms. The second-order valence-corrected chi connectivity index (χ2v) is 7.23. The van der Waals surface area contributed by atoms with Crippen molar-refractivity contribution >= 4 is 33.5 Å². The average Bonchev–Trinajstić information content (AvgIpc) is 2.61. The minimum absolute atomic E-state index is 0.0719. The fourth-order valence-electron chi connectivity index (χ4n) is 2.13. The summed E-state index contributed by atoms with van der Waals surface area (Å²) < 4.78 is 26.4. The van der Waals surface area contributed by atoms with Gasteiger partial charge >= 0.3 is 5.97 Å². The first-order valence-corrected chi connectivity index (χ1v) is 8.32. The Balaban J connectivity index is 2.34. The standard InChI is InChI=1S/C13H15ClN2O5S/c1-15-6-7-16(5-4-12(15)17)22(20,21)11-3-2-9(13(18)19)8-10(11)14/h2-3,8H,4-7H2,1H3,(H,18,19). The molecule has 1 saturated heterocycles. The molecule has 0 aliphatic carbocycles. The van der Waals surface area contributed by atoms with E-state index < -0.39 is 16.0 Å². The highest BCUT2D eigenvalue weighted by Crippen LogP contribution is 2.26. The van der Waals surface area contributed by atoms with Crippen LogP contribution in [0.5, 0.6) is 0 Å². The molecule has 0 saturated carbocycles. The Labute approximate surface area is 133 Å². The van der Waals surface area contributed by atoms with Crippen LogP contribution in [0, 0.1) is 0 Å². The van der Waals surface area contributed by atoms with Gasteiger partial charge in [-0.3, -0.25) is 4.79 Å². The molecule has 0 unspecified atom stereocenters. The van der Waals surface area contributed by atoms with Gasteiger partial charge in [0.2, 0.25) is 15.9 Å². The van der Waals surface area contributed by atoms with Crippen LogP contribution >= 0.6 is 11.6 Å². The minimum atomic E-state index is -3.88. The Morgan fingerprint density at radius 1 is 1.27 bits per heavy atom. The molecule has 0 aromatic heterocycles. The van der Waals surface area contributed by atoms with Crippen molar-refractivity contribution in [1.82, 2.24) is 9.21 Å². The Kier molecular flexibility index (Phi) is 4.74. The number of likely N-dealkylation sites (N-methyl/N-ethyl adjacent to an activating group) is 1. The van der Waals surface area contributed by atoms with E-state index in [-0.39, 0.29) is 40.9 Å². The molecule has 1 heterocycles. The van der Waals surface area contributed by atoms with Gasteiger partial charge in [0.25, 0.3) is 0 Å². The van der Waals surface area contributed by atoms with Crippen molar-refractivity contribution in [2.75, 3.05) is 26.7 Å². The van der Waals surface area contributed by atoms with E-state index in [1.165, 1.54) is 21.3 Å². The topological polar surface area (TPSA) is 95.0 Å². The lowest BCUT2D eigenvalue weighted by Crippen LogP contribution is -2.34. The number of hydrogen-bond acceptors (Lipinski definition) is 4. The number of carbonyl (C=O) groups excluding carboxylic acids is 1. The fourth-order valence-corrected chi connectivity index (χ4v) is 4.08. The highest BCUT2D eigenvalue weighted by atomic mass is 35.5. The maximum Gasteiger partial charge on any atom is 0.335 e. The predicted molar refractivity (Wildman–Crippen MR) is 79.4 cm³/mol. The van der Waals surface area contributed by atoms with Gasteiger partial charge in [0.15, 0.2) is 0 Å². The zero-order chi connectivity index (χ0) is 16.5. The maximum absolute atomic E-state index is 12.6. The van der Waals surface area contributed by atoms with Crippen LogP contribution in [0.1, 0.15) is 16.8 Å².